The molecule has 0 fully saturated rings. The van der Waals surface area contributed by atoms with Crippen LogP contribution in [0.3, 0.4) is 0 Å². The summed E-state index contributed by atoms with van der Waals surface area (Å²) in [5, 5.41) is 0. The van der Waals surface area contributed by atoms with E-state index in [1.807, 2.05) is 0 Å². The molecule has 1 aromatic carbocycles. The molecule has 0 aliphatic heterocycles. The van der Waals surface area contributed by atoms with Gasteiger partial charge in [-0.2, -0.15) is 0 Å². The molecule has 0 unspecified atom stereocenters. The Morgan fingerprint density at radius 2 is 1.57 bits per heavy atom. The number of benzene rings is 1. The molecule has 0 aliphatic rings. The molecule has 2 N–H and O–H groups in total. The van der Waals surface area contributed by atoms with Gasteiger partial charge in [0.05, 0.1) is 5.69 Å². The van der Waals surface area contributed by atoms with Crippen LogP contribution in [0.5, 0.6) is 5.75 Å². The largest absolute Gasteiger partial charge is 0.573 e. The van der Waals surface area contributed by atoms with Crippen molar-refractivity contribution in [3.05, 3.63) is 23.8 Å². The van der Waals surface area contributed by atoms with E-state index < -0.39 is 29.4 Å². The number of alkyl halides is 3. The lowest BCUT2D eigenvalue weighted by Gasteiger charge is -2.10. The molecule has 78 valence electrons. The zero-order chi connectivity index (χ0) is 10.9. The summed E-state index contributed by atoms with van der Waals surface area (Å²) in [6.07, 6.45) is -4.99. The van der Waals surface area contributed by atoms with Crippen LogP contribution >= 0.6 is 0 Å². The Balaban J connectivity index is 3.04. The van der Waals surface area contributed by atoms with Crippen LogP contribution in [-0.4, -0.2) is 6.36 Å². The summed E-state index contributed by atoms with van der Waals surface area (Å²) in [5.74, 6) is -3.76. The average Bonchev–Trinajstić information content (AvgIpc) is 1.97. The molecule has 0 atom stereocenters. The highest BCUT2D eigenvalue weighted by atomic mass is 19.4. The fourth-order valence-corrected chi connectivity index (χ4v) is 0.757. The van der Waals surface area contributed by atoms with Crippen molar-refractivity contribution in [1.29, 1.82) is 0 Å². The van der Waals surface area contributed by atoms with Crippen LogP contribution in [0.15, 0.2) is 12.1 Å². The van der Waals surface area contributed by atoms with Gasteiger partial charge in [-0.25, -0.2) is 8.78 Å². The molecule has 7 heteroatoms. The predicted octanol–water partition coefficient (Wildman–Crippen LogP) is 2.45. The first kappa shape index (κ1) is 10.6. The van der Waals surface area contributed by atoms with Crippen molar-refractivity contribution < 1.29 is 26.7 Å². The van der Waals surface area contributed by atoms with Gasteiger partial charge in [0.25, 0.3) is 0 Å². The van der Waals surface area contributed by atoms with E-state index in [0.29, 0.717) is 6.07 Å². The number of nitrogens with two attached hydrogens (primary N) is 1. The first-order valence-electron chi connectivity index (χ1n) is 3.30. The van der Waals surface area contributed by atoms with Crippen molar-refractivity contribution in [1.82, 2.24) is 0 Å². The Labute approximate surface area is 75.1 Å². The molecule has 0 aliphatic carbocycles. The summed E-state index contributed by atoms with van der Waals surface area (Å²) >= 11 is 0. The topological polar surface area (TPSA) is 35.2 Å². The number of hydrogen-bond donors (Lipinski definition) is 1. The van der Waals surface area contributed by atoms with Crippen LogP contribution in [0.1, 0.15) is 0 Å². The molecule has 1 aromatic rings. The number of anilines is 1. The fraction of sp³-hybridized carbons (Fsp3) is 0.143. The predicted molar refractivity (Wildman–Crippen MR) is 37.5 cm³/mol. The standard InChI is InChI=1S/C7H4F5NO/c8-3-1-5(13)6(2-4(3)9)14-7(10,11)12/h1-2H,13H2. The van der Waals surface area contributed by atoms with Gasteiger partial charge in [-0.15, -0.1) is 13.2 Å². The van der Waals surface area contributed by atoms with E-state index >= 15 is 0 Å². The average molecular weight is 213 g/mol. The van der Waals surface area contributed by atoms with E-state index in [9.17, 15) is 22.0 Å². The van der Waals surface area contributed by atoms with Crippen molar-refractivity contribution in [2.24, 2.45) is 0 Å². The lowest BCUT2D eigenvalue weighted by Crippen LogP contribution is -2.18. The summed E-state index contributed by atoms with van der Waals surface area (Å²) in [4.78, 5) is 0. The highest BCUT2D eigenvalue weighted by Gasteiger charge is 2.32. The number of hydrogen-bond acceptors (Lipinski definition) is 2. The van der Waals surface area contributed by atoms with Crippen LogP contribution in [0.25, 0.3) is 0 Å². The third-order valence-electron chi connectivity index (χ3n) is 1.28. The second kappa shape index (κ2) is 3.32. The number of halogens is 5. The maximum absolute atomic E-state index is 12.5. The van der Waals surface area contributed by atoms with Crippen LogP contribution in [-0.2, 0) is 0 Å². The van der Waals surface area contributed by atoms with Gasteiger partial charge in [0.15, 0.2) is 17.4 Å². The monoisotopic (exact) mass is 213 g/mol. The third-order valence-corrected chi connectivity index (χ3v) is 1.28. The van der Waals surface area contributed by atoms with Gasteiger partial charge in [0, 0.05) is 12.1 Å². The van der Waals surface area contributed by atoms with E-state index in [1.54, 1.807) is 0 Å². The third kappa shape index (κ3) is 2.48. The Kier molecular flexibility index (Phi) is 2.50. The highest BCUT2D eigenvalue weighted by molar-refractivity contribution is 5.52. The first-order valence-corrected chi connectivity index (χ1v) is 3.30. The molecule has 0 amide bonds. The van der Waals surface area contributed by atoms with Gasteiger partial charge in [-0.3, -0.25) is 0 Å². The zero-order valence-corrected chi connectivity index (χ0v) is 6.53. The van der Waals surface area contributed by atoms with Crippen LogP contribution in [0, 0.1) is 11.6 Å². The molecule has 0 radical (unpaired) electrons. The molecule has 2 nitrogen and oxygen atoms in total. The molecule has 0 spiro atoms. The van der Waals surface area contributed by atoms with E-state index in [0.717, 1.165) is 0 Å². The van der Waals surface area contributed by atoms with Crippen molar-refractivity contribution in [3.8, 4) is 5.75 Å². The van der Waals surface area contributed by atoms with Gasteiger partial charge in [-0.05, 0) is 0 Å². The van der Waals surface area contributed by atoms with E-state index in [1.165, 1.54) is 0 Å². The van der Waals surface area contributed by atoms with Crippen molar-refractivity contribution in [2.45, 2.75) is 6.36 Å². The van der Waals surface area contributed by atoms with Gasteiger partial charge >= 0.3 is 6.36 Å². The molecule has 14 heavy (non-hydrogen) atoms. The quantitative estimate of drug-likeness (QED) is 0.574. The zero-order valence-electron chi connectivity index (χ0n) is 6.53. The summed E-state index contributed by atoms with van der Waals surface area (Å²) in [5.41, 5.74) is 4.34. The van der Waals surface area contributed by atoms with Gasteiger partial charge in [0.2, 0.25) is 0 Å². The normalized spacial score (nSPS) is 11.5. The Morgan fingerprint density at radius 3 is 2.07 bits per heavy atom. The van der Waals surface area contributed by atoms with Gasteiger partial charge < -0.3 is 10.5 Å². The minimum absolute atomic E-state index is 0.234. The molecule has 0 bridgehead atoms. The fourth-order valence-electron chi connectivity index (χ4n) is 0.757. The lowest BCUT2D eigenvalue weighted by atomic mass is 10.3. The Bertz CT molecular complexity index is 349. The molecular formula is C7H4F5NO. The molecular weight excluding hydrogens is 209 g/mol. The van der Waals surface area contributed by atoms with Crippen LogP contribution < -0.4 is 10.5 Å². The summed E-state index contributed by atoms with van der Waals surface area (Å²) < 4.78 is 63.2. The number of rotatable bonds is 1. The summed E-state index contributed by atoms with van der Waals surface area (Å²) in [6, 6.07) is 0.647. The molecule has 1 rings (SSSR count). The number of ether oxygens (including phenoxy) is 1. The van der Waals surface area contributed by atoms with Crippen molar-refractivity contribution in [3.63, 3.8) is 0 Å². The van der Waals surface area contributed by atoms with Crippen molar-refractivity contribution in [2.75, 3.05) is 5.73 Å². The maximum Gasteiger partial charge on any atom is 0.573 e. The SMILES string of the molecule is Nc1cc(F)c(F)cc1OC(F)(F)F. The minimum Gasteiger partial charge on any atom is -0.403 e. The second-order valence-corrected chi connectivity index (χ2v) is 2.35. The molecule has 0 heterocycles. The molecule has 0 aromatic heterocycles. The van der Waals surface area contributed by atoms with E-state index in [4.69, 9.17) is 5.73 Å². The van der Waals surface area contributed by atoms with Gasteiger partial charge in [-0.1, -0.05) is 0 Å². The molecule has 0 saturated heterocycles. The minimum atomic E-state index is -4.99. The molecule has 0 saturated carbocycles. The van der Waals surface area contributed by atoms with Crippen LogP contribution in [0.4, 0.5) is 27.6 Å². The lowest BCUT2D eigenvalue weighted by molar-refractivity contribution is -0.274. The first-order chi connectivity index (χ1) is 6.29. The Morgan fingerprint density at radius 1 is 1.07 bits per heavy atom. The van der Waals surface area contributed by atoms with E-state index in [2.05, 4.69) is 4.74 Å². The summed E-state index contributed by atoms with van der Waals surface area (Å²) in [6.45, 7) is 0. The van der Waals surface area contributed by atoms with Gasteiger partial charge in [0.1, 0.15) is 0 Å². The highest BCUT2D eigenvalue weighted by Crippen LogP contribution is 2.29. The van der Waals surface area contributed by atoms with Crippen LogP contribution in [0.2, 0.25) is 0 Å². The second-order valence-electron chi connectivity index (χ2n) is 2.35. The smallest absolute Gasteiger partial charge is 0.403 e. The maximum atomic E-state index is 12.5. The summed E-state index contributed by atoms with van der Waals surface area (Å²) in [7, 11) is 0. The number of nitrogen functional groups attached to an aromatic ring is 1. The van der Waals surface area contributed by atoms with Crippen molar-refractivity contribution >= 4 is 5.69 Å². The van der Waals surface area contributed by atoms with E-state index in [-0.39, 0.29) is 6.07 Å². The Hall–Kier alpha value is -1.53.